The van der Waals surface area contributed by atoms with E-state index in [-0.39, 0.29) is 25.3 Å². The van der Waals surface area contributed by atoms with Crippen molar-refractivity contribution >= 4 is 23.3 Å². The Morgan fingerprint density at radius 1 is 1.58 bits per heavy atom. The summed E-state index contributed by atoms with van der Waals surface area (Å²) in [5, 5.41) is 20.0. The Kier molecular flexibility index (Phi) is 5.30. The van der Waals surface area contributed by atoms with Crippen LogP contribution in [0.4, 0.5) is 5.69 Å². The largest absolute Gasteiger partial charge is 0.480 e. The molecular formula is C12H11ClN2O4. The van der Waals surface area contributed by atoms with Crippen LogP contribution in [0.25, 0.3) is 0 Å². The van der Waals surface area contributed by atoms with Crippen molar-refractivity contribution in [1.82, 2.24) is 4.90 Å². The minimum absolute atomic E-state index is 0.0490. The van der Waals surface area contributed by atoms with E-state index in [1.807, 2.05) is 0 Å². The van der Waals surface area contributed by atoms with E-state index in [1.165, 1.54) is 23.1 Å². The summed E-state index contributed by atoms with van der Waals surface area (Å²) >= 11 is 5.79. The molecule has 0 bridgehead atoms. The number of carboxylic acids is 1. The average molecular weight is 283 g/mol. The lowest BCUT2D eigenvalue weighted by molar-refractivity contribution is -0.385. The van der Waals surface area contributed by atoms with Gasteiger partial charge in [-0.1, -0.05) is 17.5 Å². The first kappa shape index (κ1) is 15.0. The average Bonchev–Trinajstić information content (AvgIpc) is 2.27. The Morgan fingerprint density at radius 2 is 2.26 bits per heavy atom. The molecule has 0 aliphatic carbocycles. The highest BCUT2D eigenvalue weighted by molar-refractivity contribution is 6.30. The van der Waals surface area contributed by atoms with Gasteiger partial charge in [-0.15, -0.1) is 6.42 Å². The first-order chi connectivity index (χ1) is 8.93. The Labute approximate surface area is 114 Å². The number of carboxylic acid groups (broad SMARTS) is 1. The van der Waals surface area contributed by atoms with E-state index in [0.29, 0.717) is 10.6 Å². The molecule has 6 nitrogen and oxygen atoms in total. The lowest BCUT2D eigenvalue weighted by Crippen LogP contribution is -2.30. The maximum atomic E-state index is 10.9. The first-order valence-corrected chi connectivity index (χ1v) is 5.62. The lowest BCUT2D eigenvalue weighted by Gasteiger charge is -2.17. The van der Waals surface area contributed by atoms with Gasteiger partial charge in [0.2, 0.25) is 0 Å². The molecule has 0 aromatic heterocycles. The molecule has 100 valence electrons. The highest BCUT2D eigenvalue weighted by Crippen LogP contribution is 2.23. The molecular weight excluding hydrogens is 272 g/mol. The molecule has 7 heteroatoms. The number of nitrogens with zero attached hydrogens (tertiary/aromatic N) is 2. The van der Waals surface area contributed by atoms with Crippen LogP contribution in [0.5, 0.6) is 0 Å². The third kappa shape index (κ3) is 4.58. The van der Waals surface area contributed by atoms with Gasteiger partial charge in [-0.25, -0.2) is 0 Å². The van der Waals surface area contributed by atoms with Crippen LogP contribution in [0.15, 0.2) is 18.2 Å². The molecule has 1 aromatic rings. The number of hydrogen-bond donors (Lipinski definition) is 1. The summed E-state index contributed by atoms with van der Waals surface area (Å²) in [6, 6.07) is 4.13. The van der Waals surface area contributed by atoms with Gasteiger partial charge in [-0.05, 0) is 12.1 Å². The SMILES string of the molecule is C#CCN(CC(=O)O)Cc1cc(Cl)ccc1[N+](=O)[O-]. The highest BCUT2D eigenvalue weighted by atomic mass is 35.5. The smallest absolute Gasteiger partial charge is 0.317 e. The van der Waals surface area contributed by atoms with E-state index in [2.05, 4.69) is 5.92 Å². The van der Waals surface area contributed by atoms with Gasteiger partial charge in [-0.2, -0.15) is 0 Å². The van der Waals surface area contributed by atoms with Crippen molar-refractivity contribution in [3.05, 3.63) is 38.9 Å². The van der Waals surface area contributed by atoms with E-state index < -0.39 is 10.9 Å². The molecule has 0 saturated heterocycles. The second-order valence-corrected chi connectivity index (χ2v) is 4.21. The van der Waals surface area contributed by atoms with Crippen molar-refractivity contribution in [2.75, 3.05) is 13.1 Å². The molecule has 0 amide bonds. The van der Waals surface area contributed by atoms with Crippen LogP contribution in [0, 0.1) is 22.5 Å². The summed E-state index contributed by atoms with van der Waals surface area (Å²) in [6.45, 7) is -0.169. The summed E-state index contributed by atoms with van der Waals surface area (Å²) in [4.78, 5) is 22.4. The van der Waals surface area contributed by atoms with Gasteiger partial charge in [0.05, 0.1) is 18.0 Å². The highest BCUT2D eigenvalue weighted by Gasteiger charge is 2.18. The van der Waals surface area contributed by atoms with Crippen molar-refractivity contribution in [1.29, 1.82) is 0 Å². The number of nitro groups is 1. The summed E-state index contributed by atoms with van der Waals surface area (Å²) in [5.74, 6) is 1.26. The Bertz CT molecular complexity index is 539. The number of carbonyl (C=O) groups is 1. The third-order valence-corrected chi connectivity index (χ3v) is 2.54. The Balaban J connectivity index is 3.01. The maximum Gasteiger partial charge on any atom is 0.317 e. The Hall–Kier alpha value is -2.10. The zero-order chi connectivity index (χ0) is 14.4. The summed E-state index contributed by atoms with van der Waals surface area (Å²) < 4.78 is 0. The zero-order valence-corrected chi connectivity index (χ0v) is 10.6. The fraction of sp³-hybridized carbons (Fsp3) is 0.250. The quantitative estimate of drug-likeness (QED) is 0.488. The summed E-state index contributed by atoms with van der Waals surface area (Å²) in [6.07, 6.45) is 5.14. The molecule has 0 aliphatic heterocycles. The van der Waals surface area contributed by atoms with Crippen molar-refractivity contribution in [3.63, 3.8) is 0 Å². The Morgan fingerprint density at radius 3 is 2.79 bits per heavy atom. The number of rotatable bonds is 6. The molecule has 1 aromatic carbocycles. The van der Waals surface area contributed by atoms with Gasteiger partial charge in [0.25, 0.3) is 5.69 Å². The fourth-order valence-corrected chi connectivity index (χ4v) is 1.78. The van der Waals surface area contributed by atoms with Crippen molar-refractivity contribution in [2.24, 2.45) is 0 Å². The van der Waals surface area contributed by atoms with Gasteiger partial charge < -0.3 is 5.11 Å². The molecule has 0 fully saturated rings. The second-order valence-electron chi connectivity index (χ2n) is 3.77. The molecule has 0 radical (unpaired) electrons. The number of terminal acetylenes is 1. The standard InChI is InChI=1S/C12H11ClN2O4/c1-2-5-14(8-12(16)17)7-9-6-10(13)3-4-11(9)15(18)19/h1,3-4,6H,5,7-8H2,(H,16,17). The molecule has 0 spiro atoms. The minimum atomic E-state index is -1.06. The molecule has 0 unspecified atom stereocenters. The molecule has 19 heavy (non-hydrogen) atoms. The zero-order valence-electron chi connectivity index (χ0n) is 9.88. The number of halogens is 1. The predicted octanol–water partition coefficient (Wildman–Crippen LogP) is 1.77. The van der Waals surface area contributed by atoms with Crippen molar-refractivity contribution in [2.45, 2.75) is 6.54 Å². The first-order valence-electron chi connectivity index (χ1n) is 5.24. The normalized spacial score (nSPS) is 10.2. The van der Waals surface area contributed by atoms with E-state index in [4.69, 9.17) is 23.1 Å². The van der Waals surface area contributed by atoms with Crippen LogP contribution in [0.1, 0.15) is 5.56 Å². The van der Waals surface area contributed by atoms with Crippen LogP contribution >= 0.6 is 11.6 Å². The van der Waals surface area contributed by atoms with Crippen molar-refractivity contribution in [3.8, 4) is 12.3 Å². The number of benzene rings is 1. The molecule has 1 rings (SSSR count). The molecule has 0 atom stereocenters. The molecule has 1 N–H and O–H groups in total. The fourth-order valence-electron chi connectivity index (χ4n) is 1.59. The number of hydrogen-bond acceptors (Lipinski definition) is 4. The minimum Gasteiger partial charge on any atom is -0.480 e. The van der Waals surface area contributed by atoms with Gasteiger partial charge in [0, 0.05) is 23.2 Å². The van der Waals surface area contributed by atoms with Gasteiger partial charge >= 0.3 is 5.97 Å². The van der Waals surface area contributed by atoms with Gasteiger partial charge in [-0.3, -0.25) is 19.8 Å². The lowest BCUT2D eigenvalue weighted by atomic mass is 10.1. The van der Waals surface area contributed by atoms with Gasteiger partial charge in [0.1, 0.15) is 0 Å². The van der Waals surface area contributed by atoms with E-state index in [0.717, 1.165) is 0 Å². The topological polar surface area (TPSA) is 83.7 Å². The third-order valence-electron chi connectivity index (χ3n) is 2.31. The van der Waals surface area contributed by atoms with E-state index in [9.17, 15) is 14.9 Å². The monoisotopic (exact) mass is 282 g/mol. The molecule has 0 saturated carbocycles. The van der Waals surface area contributed by atoms with E-state index in [1.54, 1.807) is 0 Å². The second kappa shape index (κ2) is 6.73. The molecule has 0 heterocycles. The van der Waals surface area contributed by atoms with Crippen LogP contribution < -0.4 is 0 Å². The van der Waals surface area contributed by atoms with Gasteiger partial charge in [0.15, 0.2) is 0 Å². The van der Waals surface area contributed by atoms with E-state index >= 15 is 0 Å². The number of aliphatic carboxylic acids is 1. The van der Waals surface area contributed by atoms with Crippen molar-refractivity contribution < 1.29 is 14.8 Å². The number of nitro benzene ring substituents is 1. The predicted molar refractivity (Wildman–Crippen MR) is 69.9 cm³/mol. The maximum absolute atomic E-state index is 10.9. The van der Waals surface area contributed by atoms with Crippen LogP contribution in [-0.2, 0) is 11.3 Å². The van der Waals surface area contributed by atoms with Crippen LogP contribution in [0.3, 0.4) is 0 Å². The summed E-state index contributed by atoms with van der Waals surface area (Å²) in [7, 11) is 0. The summed E-state index contributed by atoms with van der Waals surface area (Å²) in [5.41, 5.74) is 0.214. The van der Waals surface area contributed by atoms with Crippen LogP contribution in [-0.4, -0.2) is 34.0 Å². The van der Waals surface area contributed by atoms with Crippen LogP contribution in [0.2, 0.25) is 5.02 Å². The molecule has 0 aliphatic rings.